The Hall–Kier alpha value is -2.64. The zero-order valence-corrected chi connectivity index (χ0v) is 16.2. The third-order valence-electron chi connectivity index (χ3n) is 4.60. The Morgan fingerprint density at radius 1 is 1.30 bits per heavy atom. The molecule has 0 radical (unpaired) electrons. The molecule has 0 aliphatic rings. The Morgan fingerprint density at radius 2 is 2.07 bits per heavy atom. The summed E-state index contributed by atoms with van der Waals surface area (Å²) in [7, 11) is 1.95. The van der Waals surface area contributed by atoms with Crippen LogP contribution in [0.15, 0.2) is 34.7 Å². The monoisotopic (exact) mass is 388 g/mol. The molecule has 0 amide bonds. The lowest BCUT2D eigenvalue weighted by molar-refractivity contribution is -0.384. The molecule has 1 aromatic carbocycles. The molecule has 0 aliphatic carbocycles. The van der Waals surface area contributed by atoms with Crippen molar-refractivity contribution in [2.75, 3.05) is 6.54 Å². The topological polar surface area (TPSA) is 86.1 Å². The number of hydrogen-bond acceptors (Lipinski definition) is 5. The van der Waals surface area contributed by atoms with Gasteiger partial charge in [0.1, 0.15) is 11.5 Å². The normalized spacial score (nSPS) is 11.1. The van der Waals surface area contributed by atoms with Gasteiger partial charge in [-0.05, 0) is 50.6 Å². The van der Waals surface area contributed by atoms with E-state index in [4.69, 9.17) is 16.0 Å². The van der Waals surface area contributed by atoms with Crippen LogP contribution in [0.3, 0.4) is 0 Å². The maximum absolute atomic E-state index is 10.8. The molecule has 1 N–H and O–H groups in total. The SMILES string of the molecule is Cc1nn(C)c(C)c1CCNCc1ccc(-c2ccc([N+](=O)[O-])cc2Cl)o1. The molecule has 0 unspecified atom stereocenters. The second-order valence-electron chi connectivity index (χ2n) is 6.39. The van der Waals surface area contributed by atoms with Gasteiger partial charge in [0.2, 0.25) is 0 Å². The van der Waals surface area contributed by atoms with Crippen LogP contribution in [0.4, 0.5) is 5.69 Å². The maximum Gasteiger partial charge on any atom is 0.270 e. The summed E-state index contributed by atoms with van der Waals surface area (Å²) in [5.74, 6) is 1.37. The summed E-state index contributed by atoms with van der Waals surface area (Å²) >= 11 is 6.16. The number of furan rings is 1. The van der Waals surface area contributed by atoms with E-state index < -0.39 is 4.92 Å². The first kappa shape index (κ1) is 19.1. The number of aryl methyl sites for hydroxylation is 2. The molecule has 0 saturated carbocycles. The Morgan fingerprint density at radius 3 is 2.70 bits per heavy atom. The summed E-state index contributed by atoms with van der Waals surface area (Å²) < 4.78 is 7.72. The molecule has 3 rings (SSSR count). The second kappa shape index (κ2) is 7.94. The van der Waals surface area contributed by atoms with Gasteiger partial charge in [-0.3, -0.25) is 14.8 Å². The van der Waals surface area contributed by atoms with Crippen molar-refractivity contribution < 1.29 is 9.34 Å². The summed E-state index contributed by atoms with van der Waals surface area (Å²) in [6, 6.07) is 8.04. The molecule has 142 valence electrons. The summed E-state index contributed by atoms with van der Waals surface area (Å²) in [5, 5.41) is 18.9. The number of benzene rings is 1. The van der Waals surface area contributed by atoms with Gasteiger partial charge in [-0.15, -0.1) is 0 Å². The molecule has 2 heterocycles. The van der Waals surface area contributed by atoms with E-state index in [2.05, 4.69) is 17.3 Å². The Bertz CT molecular complexity index is 977. The van der Waals surface area contributed by atoms with E-state index >= 15 is 0 Å². The van der Waals surface area contributed by atoms with Crippen molar-refractivity contribution in [3.8, 4) is 11.3 Å². The van der Waals surface area contributed by atoms with Crippen molar-refractivity contribution in [2.24, 2.45) is 7.05 Å². The lowest BCUT2D eigenvalue weighted by Crippen LogP contribution is -2.16. The molecule has 0 saturated heterocycles. The first-order chi connectivity index (χ1) is 12.9. The Labute approximate surface area is 162 Å². The van der Waals surface area contributed by atoms with Crippen LogP contribution in [0.1, 0.15) is 22.7 Å². The van der Waals surface area contributed by atoms with Crippen molar-refractivity contribution in [3.05, 3.63) is 68.2 Å². The molecule has 3 aromatic rings. The minimum absolute atomic E-state index is 0.0433. The van der Waals surface area contributed by atoms with Gasteiger partial charge in [-0.1, -0.05) is 11.6 Å². The number of nitro groups is 1. The quantitative estimate of drug-likeness (QED) is 0.372. The number of nitro benzene ring substituents is 1. The fourth-order valence-electron chi connectivity index (χ4n) is 3.04. The molecule has 2 aromatic heterocycles. The number of non-ortho nitro benzene ring substituents is 1. The molecular formula is C19H21ClN4O3. The van der Waals surface area contributed by atoms with Gasteiger partial charge >= 0.3 is 0 Å². The van der Waals surface area contributed by atoms with E-state index in [0.717, 1.165) is 24.4 Å². The highest BCUT2D eigenvalue weighted by Crippen LogP contribution is 2.32. The Balaban J connectivity index is 1.59. The zero-order valence-electron chi connectivity index (χ0n) is 15.5. The van der Waals surface area contributed by atoms with Crippen molar-refractivity contribution in [3.63, 3.8) is 0 Å². The average molecular weight is 389 g/mol. The van der Waals surface area contributed by atoms with E-state index in [1.54, 1.807) is 6.07 Å². The first-order valence-corrected chi connectivity index (χ1v) is 8.97. The summed E-state index contributed by atoms with van der Waals surface area (Å²) in [4.78, 5) is 10.3. The number of hydrogen-bond donors (Lipinski definition) is 1. The van der Waals surface area contributed by atoms with Crippen LogP contribution in [-0.2, 0) is 20.0 Å². The molecule has 0 atom stereocenters. The van der Waals surface area contributed by atoms with Crippen molar-refractivity contribution >= 4 is 17.3 Å². The molecule has 0 aliphatic heterocycles. The molecule has 8 heteroatoms. The van der Waals surface area contributed by atoms with Gasteiger partial charge in [0.15, 0.2) is 0 Å². The summed E-state index contributed by atoms with van der Waals surface area (Å²) in [5.41, 5.74) is 4.10. The van der Waals surface area contributed by atoms with Gasteiger partial charge in [0.05, 0.1) is 22.2 Å². The van der Waals surface area contributed by atoms with Gasteiger partial charge < -0.3 is 9.73 Å². The molecular weight excluding hydrogens is 368 g/mol. The largest absolute Gasteiger partial charge is 0.460 e. The van der Waals surface area contributed by atoms with Gasteiger partial charge in [-0.2, -0.15) is 5.10 Å². The van der Waals surface area contributed by atoms with Gasteiger partial charge in [0, 0.05) is 30.4 Å². The van der Waals surface area contributed by atoms with Gasteiger partial charge in [-0.25, -0.2) is 0 Å². The predicted octanol–water partition coefficient (Wildman–Crippen LogP) is 4.19. The third kappa shape index (κ3) is 4.20. The van der Waals surface area contributed by atoms with E-state index in [1.807, 2.05) is 30.8 Å². The summed E-state index contributed by atoms with van der Waals surface area (Å²) in [6.07, 6.45) is 0.896. The van der Waals surface area contributed by atoms with Crippen LogP contribution < -0.4 is 5.32 Å². The van der Waals surface area contributed by atoms with Crippen LogP contribution in [0.5, 0.6) is 0 Å². The maximum atomic E-state index is 10.8. The third-order valence-corrected chi connectivity index (χ3v) is 4.91. The fourth-order valence-corrected chi connectivity index (χ4v) is 3.31. The standard InChI is InChI=1S/C19H21ClN4O3/c1-12-16(13(2)23(3)22-12)8-9-21-11-15-5-7-19(27-15)17-6-4-14(24(25)26)10-18(17)20/h4-7,10,21H,8-9,11H2,1-3H3. The van der Waals surface area contributed by atoms with E-state index in [0.29, 0.717) is 22.9 Å². The fraction of sp³-hybridized carbons (Fsp3) is 0.316. The van der Waals surface area contributed by atoms with Crippen LogP contribution >= 0.6 is 11.6 Å². The minimum atomic E-state index is -0.473. The van der Waals surface area contributed by atoms with Crippen molar-refractivity contribution in [1.29, 1.82) is 0 Å². The van der Waals surface area contributed by atoms with E-state index in [9.17, 15) is 10.1 Å². The first-order valence-electron chi connectivity index (χ1n) is 8.59. The van der Waals surface area contributed by atoms with E-state index in [-0.39, 0.29) is 5.69 Å². The number of nitrogens with one attached hydrogen (secondary N) is 1. The van der Waals surface area contributed by atoms with Crippen LogP contribution in [0.2, 0.25) is 5.02 Å². The number of rotatable bonds is 7. The predicted molar refractivity (Wildman–Crippen MR) is 104 cm³/mol. The van der Waals surface area contributed by atoms with Crippen molar-refractivity contribution in [1.82, 2.24) is 15.1 Å². The minimum Gasteiger partial charge on any atom is -0.460 e. The van der Waals surface area contributed by atoms with Crippen molar-refractivity contribution in [2.45, 2.75) is 26.8 Å². The number of halogens is 1. The Kier molecular flexibility index (Phi) is 5.62. The molecule has 7 nitrogen and oxygen atoms in total. The van der Waals surface area contributed by atoms with Gasteiger partial charge in [0.25, 0.3) is 5.69 Å². The molecule has 27 heavy (non-hydrogen) atoms. The summed E-state index contributed by atoms with van der Waals surface area (Å²) in [6.45, 7) is 5.49. The van der Waals surface area contributed by atoms with Crippen LogP contribution in [-0.4, -0.2) is 21.2 Å². The van der Waals surface area contributed by atoms with Crippen LogP contribution in [0.25, 0.3) is 11.3 Å². The zero-order chi connectivity index (χ0) is 19.6. The average Bonchev–Trinajstić information content (AvgIpc) is 3.17. The highest BCUT2D eigenvalue weighted by atomic mass is 35.5. The lowest BCUT2D eigenvalue weighted by Gasteiger charge is -2.04. The van der Waals surface area contributed by atoms with E-state index in [1.165, 1.54) is 23.4 Å². The number of aromatic nitrogens is 2. The highest BCUT2D eigenvalue weighted by Gasteiger charge is 2.14. The lowest BCUT2D eigenvalue weighted by atomic mass is 10.1. The molecule has 0 spiro atoms. The molecule has 0 bridgehead atoms. The second-order valence-corrected chi connectivity index (χ2v) is 6.79. The van der Waals surface area contributed by atoms with Crippen LogP contribution in [0, 0.1) is 24.0 Å². The highest BCUT2D eigenvalue weighted by molar-refractivity contribution is 6.33. The molecule has 0 fully saturated rings. The number of nitrogens with zero attached hydrogens (tertiary/aromatic N) is 3. The smallest absolute Gasteiger partial charge is 0.270 e.